The van der Waals surface area contributed by atoms with Crippen molar-refractivity contribution in [3.8, 4) is 23.1 Å². The summed E-state index contributed by atoms with van der Waals surface area (Å²) < 4.78 is 52.2. The number of aromatic nitrogens is 3. The number of hydrogen-bond donors (Lipinski definition) is 0. The summed E-state index contributed by atoms with van der Waals surface area (Å²) in [6.07, 6.45) is 0. The quantitative estimate of drug-likeness (QED) is 0.616. The summed E-state index contributed by atoms with van der Waals surface area (Å²) in [6, 6.07) is 6.23. The van der Waals surface area contributed by atoms with Crippen molar-refractivity contribution in [1.82, 2.24) is 14.8 Å². The monoisotopic (exact) mass is 397 g/mol. The molecular weight excluding hydrogens is 387 g/mol. The zero-order chi connectivity index (χ0) is 19.6. The Bertz CT molecular complexity index is 941. The first-order chi connectivity index (χ1) is 12.9. The molecule has 3 aromatic rings. The lowest BCUT2D eigenvalue weighted by atomic mass is 10.2. The van der Waals surface area contributed by atoms with Crippen LogP contribution in [0.1, 0.15) is 0 Å². The van der Waals surface area contributed by atoms with Crippen molar-refractivity contribution >= 4 is 17.6 Å². The van der Waals surface area contributed by atoms with Crippen molar-refractivity contribution < 1.29 is 27.4 Å². The summed E-state index contributed by atoms with van der Waals surface area (Å²) in [4.78, 5) is 15.2. The molecule has 3 rings (SSSR count). The number of nitrogens with zero attached hydrogens (tertiary/aromatic N) is 3. The summed E-state index contributed by atoms with van der Waals surface area (Å²) in [6.45, 7) is -0.505. The van der Waals surface area contributed by atoms with Gasteiger partial charge in [-0.1, -0.05) is 11.6 Å². The Balaban J connectivity index is 2.11. The molecule has 140 valence electrons. The molecule has 1 heterocycles. The van der Waals surface area contributed by atoms with E-state index in [-0.39, 0.29) is 28.1 Å². The second-order valence-corrected chi connectivity index (χ2v) is 5.65. The number of halogens is 4. The van der Waals surface area contributed by atoms with Gasteiger partial charge >= 0.3 is 12.0 Å². The summed E-state index contributed by atoms with van der Waals surface area (Å²) >= 11 is 5.75. The molecule has 0 spiro atoms. The Morgan fingerprint density at radius 1 is 1.15 bits per heavy atom. The van der Waals surface area contributed by atoms with Crippen LogP contribution >= 0.6 is 11.6 Å². The number of hydrogen-bond acceptors (Lipinski definition) is 5. The average molecular weight is 398 g/mol. The highest BCUT2D eigenvalue weighted by Gasteiger charge is 2.21. The van der Waals surface area contributed by atoms with Crippen molar-refractivity contribution in [3.63, 3.8) is 0 Å². The van der Waals surface area contributed by atoms with Crippen LogP contribution in [0.4, 0.5) is 13.2 Å². The molecule has 0 aliphatic rings. The topological polar surface area (TPSA) is 66.2 Å². The Morgan fingerprint density at radius 3 is 2.59 bits per heavy atom. The first-order valence-corrected chi connectivity index (χ1v) is 7.84. The molecule has 0 saturated carbocycles. The molecule has 0 saturated heterocycles. The van der Waals surface area contributed by atoms with Gasteiger partial charge in [-0.2, -0.15) is 4.98 Å². The number of carbonyl (C=O) groups excluding carboxylic acids is 1. The molecule has 6 nitrogen and oxygen atoms in total. The van der Waals surface area contributed by atoms with Crippen molar-refractivity contribution in [3.05, 3.63) is 58.9 Å². The average Bonchev–Trinajstić information content (AvgIpc) is 3.03. The highest BCUT2D eigenvalue weighted by Crippen LogP contribution is 2.28. The number of benzene rings is 2. The van der Waals surface area contributed by atoms with Crippen LogP contribution in [0.3, 0.4) is 0 Å². The Morgan fingerprint density at radius 2 is 1.93 bits per heavy atom. The molecule has 0 N–H and O–H groups in total. The van der Waals surface area contributed by atoms with E-state index >= 15 is 0 Å². The standard InChI is InChI=1S/C17H11ClF3N3O3/c1-26-15(25)8-27-17-22-16(11-4-2-9(18)6-12(11)20)24(23-17)14-5-3-10(19)7-13(14)21/h2-7H,8H2,1H3. The van der Waals surface area contributed by atoms with Gasteiger partial charge in [0.1, 0.15) is 17.3 Å². The van der Waals surface area contributed by atoms with Crippen molar-refractivity contribution in [1.29, 1.82) is 0 Å². The van der Waals surface area contributed by atoms with Crippen LogP contribution in [0.2, 0.25) is 5.02 Å². The van der Waals surface area contributed by atoms with Gasteiger partial charge < -0.3 is 9.47 Å². The van der Waals surface area contributed by atoms with Crippen LogP contribution in [0, 0.1) is 17.5 Å². The van der Waals surface area contributed by atoms with Gasteiger partial charge in [-0.25, -0.2) is 22.6 Å². The lowest BCUT2D eigenvalue weighted by Crippen LogP contribution is -2.13. The molecule has 0 amide bonds. The summed E-state index contributed by atoms with van der Waals surface area (Å²) in [5, 5.41) is 4.08. The molecule has 0 fully saturated rings. The fourth-order valence-electron chi connectivity index (χ4n) is 2.20. The summed E-state index contributed by atoms with van der Waals surface area (Å²) in [7, 11) is 1.17. The number of methoxy groups -OCH3 is 1. The van der Waals surface area contributed by atoms with Crippen LogP contribution in [-0.4, -0.2) is 34.5 Å². The molecule has 0 unspecified atom stereocenters. The molecule has 0 radical (unpaired) electrons. The summed E-state index contributed by atoms with van der Waals surface area (Å²) in [5.41, 5.74) is -0.246. The predicted molar refractivity (Wildman–Crippen MR) is 89.2 cm³/mol. The minimum absolute atomic E-state index is 0.0523. The molecule has 0 atom stereocenters. The van der Waals surface area contributed by atoms with Gasteiger partial charge in [0, 0.05) is 11.1 Å². The molecule has 2 aromatic carbocycles. The van der Waals surface area contributed by atoms with Crippen LogP contribution in [-0.2, 0) is 9.53 Å². The zero-order valence-electron chi connectivity index (χ0n) is 13.7. The Hall–Kier alpha value is -3.07. The van der Waals surface area contributed by atoms with Crippen LogP contribution in [0.5, 0.6) is 6.01 Å². The highest BCUT2D eigenvalue weighted by atomic mass is 35.5. The van der Waals surface area contributed by atoms with E-state index in [1.54, 1.807) is 0 Å². The predicted octanol–water partition coefficient (Wildman–Crippen LogP) is 3.56. The molecule has 10 heteroatoms. The van der Waals surface area contributed by atoms with Gasteiger partial charge in [-0.3, -0.25) is 0 Å². The third-order valence-corrected chi connectivity index (χ3v) is 3.68. The van der Waals surface area contributed by atoms with Crippen LogP contribution in [0.15, 0.2) is 36.4 Å². The maximum absolute atomic E-state index is 14.3. The van der Waals surface area contributed by atoms with Gasteiger partial charge in [0.2, 0.25) is 0 Å². The van der Waals surface area contributed by atoms with E-state index in [0.29, 0.717) is 6.07 Å². The maximum atomic E-state index is 14.3. The van der Waals surface area contributed by atoms with Gasteiger partial charge in [-0.05, 0) is 30.3 Å². The summed E-state index contributed by atoms with van der Waals surface area (Å²) in [5.74, 6) is -3.31. The highest BCUT2D eigenvalue weighted by molar-refractivity contribution is 6.30. The first kappa shape index (κ1) is 18.7. The van der Waals surface area contributed by atoms with Gasteiger partial charge in [0.15, 0.2) is 18.2 Å². The minimum atomic E-state index is -0.949. The van der Waals surface area contributed by atoms with Crippen LogP contribution in [0.25, 0.3) is 17.1 Å². The van der Waals surface area contributed by atoms with Gasteiger partial charge in [0.05, 0.1) is 12.7 Å². The number of carbonyl (C=O) groups is 1. The van der Waals surface area contributed by atoms with Crippen molar-refractivity contribution in [2.45, 2.75) is 0 Å². The number of esters is 1. The molecule has 0 bridgehead atoms. The lowest BCUT2D eigenvalue weighted by molar-refractivity contribution is -0.143. The number of ether oxygens (including phenoxy) is 2. The van der Waals surface area contributed by atoms with Crippen LogP contribution < -0.4 is 4.74 Å². The smallest absolute Gasteiger partial charge is 0.344 e. The van der Waals surface area contributed by atoms with E-state index in [0.717, 1.165) is 22.9 Å². The van der Waals surface area contributed by atoms with Crippen molar-refractivity contribution in [2.24, 2.45) is 0 Å². The van der Waals surface area contributed by atoms with E-state index < -0.39 is 30.0 Å². The third-order valence-electron chi connectivity index (χ3n) is 3.44. The Kier molecular flexibility index (Phi) is 5.31. The van der Waals surface area contributed by atoms with Gasteiger partial charge in [0.25, 0.3) is 0 Å². The largest absolute Gasteiger partial charge is 0.466 e. The maximum Gasteiger partial charge on any atom is 0.344 e. The molecule has 0 aliphatic carbocycles. The van der Waals surface area contributed by atoms with E-state index in [1.165, 1.54) is 19.2 Å². The number of rotatable bonds is 5. The second-order valence-electron chi connectivity index (χ2n) is 5.21. The fraction of sp³-hybridized carbons (Fsp3) is 0.118. The van der Waals surface area contributed by atoms with E-state index in [9.17, 15) is 18.0 Å². The second kappa shape index (κ2) is 7.67. The molecule has 1 aromatic heterocycles. The minimum Gasteiger partial charge on any atom is -0.466 e. The molecular formula is C17H11ClF3N3O3. The fourth-order valence-corrected chi connectivity index (χ4v) is 2.36. The lowest BCUT2D eigenvalue weighted by Gasteiger charge is -2.08. The van der Waals surface area contributed by atoms with Gasteiger partial charge in [-0.15, -0.1) is 5.10 Å². The normalized spacial score (nSPS) is 10.7. The van der Waals surface area contributed by atoms with E-state index in [1.807, 2.05) is 0 Å². The molecule has 27 heavy (non-hydrogen) atoms. The molecule has 0 aliphatic heterocycles. The van der Waals surface area contributed by atoms with E-state index in [4.69, 9.17) is 16.3 Å². The van der Waals surface area contributed by atoms with Crippen molar-refractivity contribution in [2.75, 3.05) is 13.7 Å². The SMILES string of the molecule is COC(=O)COc1nc(-c2ccc(Cl)cc2F)n(-c2ccc(F)cc2F)n1. The third kappa shape index (κ3) is 4.03. The first-order valence-electron chi connectivity index (χ1n) is 7.46. The zero-order valence-corrected chi connectivity index (χ0v) is 14.5. The Labute approximate surface area is 156 Å². The van der Waals surface area contributed by atoms with E-state index in [2.05, 4.69) is 14.8 Å².